The summed E-state index contributed by atoms with van der Waals surface area (Å²) in [6, 6.07) is 7.89. The summed E-state index contributed by atoms with van der Waals surface area (Å²) in [5, 5.41) is 4.32. The van der Waals surface area contributed by atoms with Crippen molar-refractivity contribution in [3.05, 3.63) is 41.2 Å². The molecule has 2 aromatic rings. The Morgan fingerprint density at radius 3 is 2.28 bits per heavy atom. The lowest BCUT2D eigenvalue weighted by Crippen LogP contribution is -2.04. The van der Waals surface area contributed by atoms with Crippen molar-refractivity contribution in [1.82, 2.24) is 9.78 Å². The second-order valence-electron chi connectivity index (χ2n) is 4.58. The first-order valence-corrected chi connectivity index (χ1v) is 6.02. The first-order chi connectivity index (χ1) is 8.49. The SMILES string of the molecule is Cc1nn(C)c(C)c1Oc1ccc([C@@H](C)N)cc1. The Bertz CT molecular complexity index is 541. The molecule has 2 N–H and O–H groups in total. The van der Waals surface area contributed by atoms with Gasteiger partial charge in [0.25, 0.3) is 0 Å². The molecule has 0 aliphatic carbocycles. The lowest BCUT2D eigenvalue weighted by Gasteiger charge is -2.09. The van der Waals surface area contributed by atoms with Gasteiger partial charge >= 0.3 is 0 Å². The number of ether oxygens (including phenoxy) is 1. The van der Waals surface area contributed by atoms with E-state index in [1.807, 2.05) is 56.8 Å². The van der Waals surface area contributed by atoms with Crippen LogP contribution in [0, 0.1) is 13.8 Å². The zero-order valence-electron chi connectivity index (χ0n) is 11.3. The predicted molar refractivity (Wildman–Crippen MR) is 71.8 cm³/mol. The van der Waals surface area contributed by atoms with E-state index in [-0.39, 0.29) is 6.04 Å². The zero-order chi connectivity index (χ0) is 13.3. The average Bonchev–Trinajstić information content (AvgIpc) is 2.57. The Morgan fingerprint density at radius 1 is 1.22 bits per heavy atom. The molecule has 0 saturated carbocycles. The van der Waals surface area contributed by atoms with Crippen molar-refractivity contribution in [3.8, 4) is 11.5 Å². The Morgan fingerprint density at radius 2 is 1.83 bits per heavy atom. The van der Waals surface area contributed by atoms with Crippen molar-refractivity contribution < 1.29 is 4.74 Å². The molecule has 1 heterocycles. The lowest BCUT2D eigenvalue weighted by molar-refractivity contribution is 0.474. The monoisotopic (exact) mass is 245 g/mol. The quantitative estimate of drug-likeness (QED) is 0.904. The van der Waals surface area contributed by atoms with Crippen molar-refractivity contribution in [2.75, 3.05) is 0 Å². The van der Waals surface area contributed by atoms with Gasteiger partial charge in [-0.2, -0.15) is 5.10 Å². The first-order valence-electron chi connectivity index (χ1n) is 6.02. The third-order valence-corrected chi connectivity index (χ3v) is 3.07. The van der Waals surface area contributed by atoms with Gasteiger partial charge in [-0.25, -0.2) is 0 Å². The van der Waals surface area contributed by atoms with Gasteiger partial charge in [-0.05, 0) is 38.5 Å². The summed E-state index contributed by atoms with van der Waals surface area (Å²) in [5.74, 6) is 1.63. The van der Waals surface area contributed by atoms with E-state index in [9.17, 15) is 0 Å². The maximum Gasteiger partial charge on any atom is 0.171 e. The Labute approximate surface area is 107 Å². The fraction of sp³-hybridized carbons (Fsp3) is 0.357. The van der Waals surface area contributed by atoms with Crippen LogP contribution in [0.1, 0.15) is 29.9 Å². The zero-order valence-corrected chi connectivity index (χ0v) is 11.3. The van der Waals surface area contributed by atoms with Gasteiger partial charge in [0.15, 0.2) is 5.75 Å². The van der Waals surface area contributed by atoms with E-state index >= 15 is 0 Å². The van der Waals surface area contributed by atoms with Gasteiger partial charge in [-0.3, -0.25) is 4.68 Å². The molecular weight excluding hydrogens is 226 g/mol. The topological polar surface area (TPSA) is 53.1 Å². The Balaban J connectivity index is 2.23. The molecule has 2 rings (SSSR count). The highest BCUT2D eigenvalue weighted by atomic mass is 16.5. The normalized spacial score (nSPS) is 12.5. The molecule has 0 amide bonds. The minimum absolute atomic E-state index is 0.0425. The molecule has 1 aromatic carbocycles. The van der Waals surface area contributed by atoms with Crippen molar-refractivity contribution >= 4 is 0 Å². The smallest absolute Gasteiger partial charge is 0.171 e. The number of nitrogens with two attached hydrogens (primary N) is 1. The minimum Gasteiger partial charge on any atom is -0.453 e. The molecule has 0 aliphatic heterocycles. The highest BCUT2D eigenvalue weighted by Crippen LogP contribution is 2.28. The van der Waals surface area contributed by atoms with Crippen LogP contribution >= 0.6 is 0 Å². The second kappa shape index (κ2) is 4.82. The largest absolute Gasteiger partial charge is 0.453 e. The molecule has 0 fully saturated rings. The number of aromatic nitrogens is 2. The Kier molecular flexibility index (Phi) is 3.39. The average molecular weight is 245 g/mol. The summed E-state index contributed by atoms with van der Waals surface area (Å²) < 4.78 is 7.69. The van der Waals surface area contributed by atoms with Gasteiger partial charge in [0.2, 0.25) is 0 Å². The van der Waals surface area contributed by atoms with Crippen LogP contribution in [-0.4, -0.2) is 9.78 Å². The lowest BCUT2D eigenvalue weighted by atomic mass is 10.1. The first kappa shape index (κ1) is 12.6. The molecule has 0 bridgehead atoms. The number of hydrogen-bond donors (Lipinski definition) is 1. The second-order valence-corrected chi connectivity index (χ2v) is 4.58. The summed E-state index contributed by atoms with van der Waals surface area (Å²) in [5.41, 5.74) is 8.82. The number of hydrogen-bond acceptors (Lipinski definition) is 3. The number of rotatable bonds is 3. The highest BCUT2D eigenvalue weighted by Gasteiger charge is 2.11. The predicted octanol–water partition coefficient (Wildman–Crippen LogP) is 2.85. The van der Waals surface area contributed by atoms with Crippen LogP contribution in [0.4, 0.5) is 0 Å². The van der Waals surface area contributed by atoms with Crippen LogP contribution in [0.15, 0.2) is 24.3 Å². The summed E-state index contributed by atoms with van der Waals surface area (Å²) in [6.45, 7) is 5.90. The fourth-order valence-electron chi connectivity index (χ4n) is 1.86. The van der Waals surface area contributed by atoms with E-state index in [4.69, 9.17) is 10.5 Å². The molecule has 96 valence electrons. The van der Waals surface area contributed by atoms with Crippen LogP contribution < -0.4 is 10.5 Å². The number of aryl methyl sites for hydroxylation is 2. The maximum atomic E-state index is 5.87. The molecule has 0 aliphatic rings. The van der Waals surface area contributed by atoms with E-state index in [1.165, 1.54) is 0 Å². The van der Waals surface area contributed by atoms with Gasteiger partial charge in [-0.15, -0.1) is 0 Å². The Hall–Kier alpha value is -1.81. The van der Waals surface area contributed by atoms with Crippen LogP contribution in [0.25, 0.3) is 0 Å². The van der Waals surface area contributed by atoms with Gasteiger partial charge < -0.3 is 10.5 Å². The third-order valence-electron chi connectivity index (χ3n) is 3.07. The molecule has 0 radical (unpaired) electrons. The van der Waals surface area contributed by atoms with Crippen LogP contribution in [0.5, 0.6) is 11.5 Å². The van der Waals surface area contributed by atoms with E-state index in [1.54, 1.807) is 0 Å². The van der Waals surface area contributed by atoms with Crippen molar-refractivity contribution in [1.29, 1.82) is 0 Å². The van der Waals surface area contributed by atoms with Crippen LogP contribution in [-0.2, 0) is 7.05 Å². The number of nitrogens with zero attached hydrogens (tertiary/aromatic N) is 2. The molecule has 1 aromatic heterocycles. The molecular formula is C14H19N3O. The molecule has 4 nitrogen and oxygen atoms in total. The van der Waals surface area contributed by atoms with E-state index < -0.39 is 0 Å². The van der Waals surface area contributed by atoms with Gasteiger partial charge in [0.1, 0.15) is 11.4 Å². The molecule has 4 heteroatoms. The maximum absolute atomic E-state index is 5.87. The number of benzene rings is 1. The third kappa shape index (κ3) is 2.38. The highest BCUT2D eigenvalue weighted by molar-refractivity contribution is 5.38. The summed E-state index contributed by atoms with van der Waals surface area (Å²) in [4.78, 5) is 0. The van der Waals surface area contributed by atoms with Crippen molar-refractivity contribution in [2.24, 2.45) is 12.8 Å². The molecule has 0 unspecified atom stereocenters. The van der Waals surface area contributed by atoms with E-state index in [0.717, 1.165) is 28.5 Å². The van der Waals surface area contributed by atoms with Crippen molar-refractivity contribution in [2.45, 2.75) is 26.8 Å². The van der Waals surface area contributed by atoms with Crippen LogP contribution in [0.3, 0.4) is 0 Å². The van der Waals surface area contributed by atoms with Crippen molar-refractivity contribution in [3.63, 3.8) is 0 Å². The minimum atomic E-state index is 0.0425. The van der Waals surface area contributed by atoms with E-state index in [0.29, 0.717) is 0 Å². The molecule has 1 atom stereocenters. The van der Waals surface area contributed by atoms with Gasteiger partial charge in [0.05, 0.1) is 5.69 Å². The molecule has 18 heavy (non-hydrogen) atoms. The fourth-order valence-corrected chi connectivity index (χ4v) is 1.86. The van der Waals surface area contributed by atoms with Gasteiger partial charge in [-0.1, -0.05) is 12.1 Å². The van der Waals surface area contributed by atoms with E-state index in [2.05, 4.69) is 5.10 Å². The molecule has 0 spiro atoms. The summed E-state index contributed by atoms with van der Waals surface area (Å²) in [6.07, 6.45) is 0. The van der Waals surface area contributed by atoms with Crippen LogP contribution in [0.2, 0.25) is 0 Å². The summed E-state index contributed by atoms with van der Waals surface area (Å²) >= 11 is 0. The molecule has 0 saturated heterocycles. The van der Waals surface area contributed by atoms with Gasteiger partial charge in [0, 0.05) is 13.1 Å². The standard InChI is InChI=1S/C14H19N3O/c1-9(15)12-5-7-13(8-6-12)18-14-10(2)16-17(4)11(14)3/h5-9H,15H2,1-4H3/t9-/m1/s1. The summed E-state index contributed by atoms with van der Waals surface area (Å²) in [7, 11) is 1.91.